The maximum Gasteiger partial charge on any atom is 0.185 e. The number of thiazole rings is 1. The third kappa shape index (κ3) is 3.51. The number of hydrogen-bond acceptors (Lipinski definition) is 5. The first-order valence-corrected chi connectivity index (χ1v) is 8.55. The molecule has 1 fully saturated rings. The Morgan fingerprint density at radius 1 is 1.35 bits per heavy atom. The highest BCUT2D eigenvalue weighted by molar-refractivity contribution is 7.15. The van der Waals surface area contributed by atoms with Crippen LogP contribution < -0.4 is 4.90 Å². The average molecular weight is 297 g/mol. The number of likely N-dealkylation sites (tertiary alicyclic amines) is 1. The number of aryl methyl sites for hydroxylation is 1. The van der Waals surface area contributed by atoms with Crippen LogP contribution in [0.1, 0.15) is 43.7 Å². The summed E-state index contributed by atoms with van der Waals surface area (Å²) in [6.45, 7) is 8.04. The van der Waals surface area contributed by atoms with Gasteiger partial charge in [0.05, 0.1) is 17.2 Å². The summed E-state index contributed by atoms with van der Waals surface area (Å²) in [6.07, 6.45) is 4.46. The Morgan fingerprint density at radius 2 is 2.05 bits per heavy atom. The molecule has 1 saturated heterocycles. The van der Waals surface area contributed by atoms with Gasteiger partial charge in [0.25, 0.3) is 0 Å². The van der Waals surface area contributed by atoms with E-state index in [9.17, 15) is 5.11 Å². The van der Waals surface area contributed by atoms with E-state index in [4.69, 9.17) is 4.98 Å². The summed E-state index contributed by atoms with van der Waals surface area (Å²) in [5.41, 5.74) is 1.09. The van der Waals surface area contributed by atoms with Crippen LogP contribution in [0.4, 0.5) is 5.13 Å². The minimum Gasteiger partial charge on any atom is -0.391 e. The molecule has 114 valence electrons. The van der Waals surface area contributed by atoms with Crippen LogP contribution >= 0.6 is 11.3 Å². The quantitative estimate of drug-likeness (QED) is 0.876. The lowest BCUT2D eigenvalue weighted by molar-refractivity contribution is 0.221. The molecule has 1 N–H and O–H groups in total. The van der Waals surface area contributed by atoms with E-state index < -0.39 is 0 Å². The number of aromatic nitrogens is 1. The largest absolute Gasteiger partial charge is 0.391 e. The molecule has 0 spiro atoms. The van der Waals surface area contributed by atoms with E-state index in [1.165, 1.54) is 25.9 Å². The standard InChI is InChI=1S/C15H27N3OS/c1-4-6-13-14(11-19)20-15(16-13)17(3)12-7-9-18(5-2)10-8-12/h12,19H,4-11H2,1-3H3. The van der Waals surface area contributed by atoms with Gasteiger partial charge in [-0.3, -0.25) is 0 Å². The number of nitrogens with zero attached hydrogens (tertiary/aromatic N) is 3. The van der Waals surface area contributed by atoms with Crippen LogP contribution in [0, 0.1) is 0 Å². The summed E-state index contributed by atoms with van der Waals surface area (Å²) in [6, 6.07) is 0.588. The van der Waals surface area contributed by atoms with Crippen LogP contribution in [0.3, 0.4) is 0 Å². The first-order valence-electron chi connectivity index (χ1n) is 7.74. The normalized spacial score (nSPS) is 17.6. The van der Waals surface area contributed by atoms with E-state index >= 15 is 0 Å². The molecular formula is C15H27N3OS. The molecule has 20 heavy (non-hydrogen) atoms. The highest BCUT2D eigenvalue weighted by Crippen LogP contribution is 2.30. The Bertz CT molecular complexity index is 413. The van der Waals surface area contributed by atoms with Crippen molar-refractivity contribution in [2.75, 3.05) is 31.6 Å². The van der Waals surface area contributed by atoms with Crippen LogP contribution in [-0.2, 0) is 13.0 Å². The molecule has 1 aliphatic rings. The molecule has 1 aromatic rings. The molecule has 4 nitrogen and oxygen atoms in total. The van der Waals surface area contributed by atoms with Gasteiger partial charge in [-0.25, -0.2) is 4.98 Å². The number of aliphatic hydroxyl groups excluding tert-OH is 1. The van der Waals surface area contributed by atoms with Gasteiger partial charge < -0.3 is 14.9 Å². The minimum atomic E-state index is 0.120. The molecule has 1 aliphatic heterocycles. The fourth-order valence-corrected chi connectivity index (χ4v) is 3.85. The number of piperidine rings is 1. The van der Waals surface area contributed by atoms with Gasteiger partial charge in [-0.05, 0) is 25.8 Å². The molecule has 1 aromatic heterocycles. The zero-order chi connectivity index (χ0) is 14.5. The Kier molecular flexibility index (Phi) is 5.81. The fraction of sp³-hybridized carbons (Fsp3) is 0.800. The van der Waals surface area contributed by atoms with Crippen molar-refractivity contribution in [3.63, 3.8) is 0 Å². The average Bonchev–Trinajstić information content (AvgIpc) is 2.90. The zero-order valence-electron chi connectivity index (χ0n) is 12.9. The van der Waals surface area contributed by atoms with Crippen LogP contribution in [0.15, 0.2) is 0 Å². The van der Waals surface area contributed by atoms with Crippen molar-refractivity contribution in [1.82, 2.24) is 9.88 Å². The van der Waals surface area contributed by atoms with Gasteiger partial charge in [0.15, 0.2) is 5.13 Å². The molecule has 0 amide bonds. The van der Waals surface area contributed by atoms with E-state index in [1.807, 2.05) is 0 Å². The second-order valence-electron chi connectivity index (χ2n) is 5.55. The van der Waals surface area contributed by atoms with E-state index in [2.05, 4.69) is 30.7 Å². The van der Waals surface area contributed by atoms with Crippen molar-refractivity contribution >= 4 is 16.5 Å². The Balaban J connectivity index is 2.03. The number of anilines is 1. The molecule has 0 atom stereocenters. The van der Waals surface area contributed by atoms with Gasteiger partial charge in [0.1, 0.15) is 0 Å². The Labute approximate surface area is 126 Å². The molecule has 0 aliphatic carbocycles. The van der Waals surface area contributed by atoms with Crippen LogP contribution in [-0.4, -0.2) is 47.7 Å². The SMILES string of the molecule is CCCc1nc(N(C)C2CCN(CC)CC2)sc1CO. The first-order chi connectivity index (χ1) is 9.69. The summed E-state index contributed by atoms with van der Waals surface area (Å²) >= 11 is 1.66. The van der Waals surface area contributed by atoms with Crippen molar-refractivity contribution in [3.05, 3.63) is 10.6 Å². The molecular weight excluding hydrogens is 270 g/mol. The minimum absolute atomic E-state index is 0.120. The van der Waals surface area contributed by atoms with Gasteiger partial charge in [-0.15, -0.1) is 0 Å². The summed E-state index contributed by atoms with van der Waals surface area (Å²) < 4.78 is 0. The second kappa shape index (κ2) is 7.38. The monoisotopic (exact) mass is 297 g/mol. The zero-order valence-corrected chi connectivity index (χ0v) is 13.7. The molecule has 2 rings (SSSR count). The lowest BCUT2D eigenvalue weighted by Crippen LogP contribution is -2.43. The molecule has 5 heteroatoms. The number of rotatable bonds is 6. The lowest BCUT2D eigenvalue weighted by Gasteiger charge is -2.36. The highest BCUT2D eigenvalue weighted by atomic mass is 32.1. The maximum absolute atomic E-state index is 9.46. The summed E-state index contributed by atoms with van der Waals surface area (Å²) in [5, 5.41) is 10.5. The maximum atomic E-state index is 9.46. The van der Waals surface area contributed by atoms with E-state index in [-0.39, 0.29) is 6.61 Å². The van der Waals surface area contributed by atoms with Crippen molar-refractivity contribution < 1.29 is 5.11 Å². The molecule has 0 bridgehead atoms. The first kappa shape index (κ1) is 15.7. The van der Waals surface area contributed by atoms with Gasteiger partial charge in [0, 0.05) is 26.2 Å². The van der Waals surface area contributed by atoms with Gasteiger partial charge in [-0.1, -0.05) is 31.6 Å². The Hall–Kier alpha value is -0.650. The van der Waals surface area contributed by atoms with E-state index in [0.717, 1.165) is 35.1 Å². The molecule has 0 aromatic carbocycles. The Morgan fingerprint density at radius 3 is 2.60 bits per heavy atom. The van der Waals surface area contributed by atoms with Crippen molar-refractivity contribution in [2.24, 2.45) is 0 Å². The predicted octanol–water partition coefficient (Wildman–Crippen LogP) is 2.51. The van der Waals surface area contributed by atoms with E-state index in [1.54, 1.807) is 11.3 Å². The predicted molar refractivity (Wildman–Crippen MR) is 85.6 cm³/mol. The number of aliphatic hydroxyl groups is 1. The van der Waals surface area contributed by atoms with Crippen molar-refractivity contribution in [1.29, 1.82) is 0 Å². The molecule has 0 radical (unpaired) electrons. The van der Waals surface area contributed by atoms with Gasteiger partial charge in [-0.2, -0.15) is 0 Å². The molecule has 2 heterocycles. The van der Waals surface area contributed by atoms with Crippen molar-refractivity contribution in [3.8, 4) is 0 Å². The van der Waals surface area contributed by atoms with E-state index in [0.29, 0.717) is 6.04 Å². The third-order valence-corrected chi connectivity index (χ3v) is 5.42. The number of hydrogen-bond donors (Lipinski definition) is 1. The lowest BCUT2D eigenvalue weighted by atomic mass is 10.0. The topological polar surface area (TPSA) is 39.6 Å². The fourth-order valence-electron chi connectivity index (χ4n) is 2.86. The van der Waals surface area contributed by atoms with Crippen molar-refractivity contribution in [2.45, 2.75) is 52.2 Å². The van der Waals surface area contributed by atoms with Gasteiger partial charge in [0.2, 0.25) is 0 Å². The smallest absolute Gasteiger partial charge is 0.185 e. The van der Waals surface area contributed by atoms with Gasteiger partial charge >= 0.3 is 0 Å². The highest BCUT2D eigenvalue weighted by Gasteiger charge is 2.24. The second-order valence-corrected chi connectivity index (χ2v) is 6.61. The molecule has 0 saturated carbocycles. The summed E-state index contributed by atoms with van der Waals surface area (Å²) in [7, 11) is 2.15. The summed E-state index contributed by atoms with van der Waals surface area (Å²) in [5.74, 6) is 0. The van der Waals surface area contributed by atoms with Crippen LogP contribution in [0.5, 0.6) is 0 Å². The van der Waals surface area contributed by atoms with Crippen LogP contribution in [0.2, 0.25) is 0 Å². The molecule has 0 unspecified atom stereocenters. The van der Waals surface area contributed by atoms with Crippen LogP contribution in [0.25, 0.3) is 0 Å². The third-order valence-electron chi connectivity index (χ3n) is 4.25. The summed E-state index contributed by atoms with van der Waals surface area (Å²) in [4.78, 5) is 10.6.